The molecule has 1 atom stereocenters. The minimum atomic E-state index is -1.03. The molecule has 0 fully saturated rings. The number of nitriles is 1. The lowest BCUT2D eigenvalue weighted by Crippen LogP contribution is -2.40. The number of hydrogen-bond donors (Lipinski definition) is 2. The molecule has 3 N–H and O–H groups in total. The molecule has 18 heavy (non-hydrogen) atoms. The smallest absolute Gasteiger partial charge is 0.491 e. The highest BCUT2D eigenvalue weighted by atomic mass is 16.5. The Morgan fingerprint density at radius 1 is 1.67 bits per heavy atom. The van der Waals surface area contributed by atoms with Gasteiger partial charge in [-0.3, -0.25) is 0 Å². The third-order valence-electron chi connectivity index (χ3n) is 2.93. The van der Waals surface area contributed by atoms with E-state index in [4.69, 9.17) is 20.4 Å². The molecule has 0 saturated carbocycles. The minimum Gasteiger partial charge on any atom is -0.491 e. The summed E-state index contributed by atoms with van der Waals surface area (Å²) in [5.41, 5.74) is 7.37. The molecule has 1 aliphatic heterocycles. The predicted octanol–water partition coefficient (Wildman–Crippen LogP) is -0.168. The summed E-state index contributed by atoms with van der Waals surface area (Å²) in [6, 6.07) is 5.55. The first-order chi connectivity index (χ1) is 8.43. The van der Waals surface area contributed by atoms with Crippen molar-refractivity contribution in [1.29, 1.82) is 5.26 Å². The van der Waals surface area contributed by atoms with E-state index in [9.17, 15) is 5.02 Å². The number of nitrogens with zero attached hydrogens (tertiary/aromatic N) is 1. The van der Waals surface area contributed by atoms with Crippen LogP contribution in [-0.4, -0.2) is 24.3 Å². The van der Waals surface area contributed by atoms with Gasteiger partial charge in [-0.05, 0) is 42.6 Å². The van der Waals surface area contributed by atoms with Crippen molar-refractivity contribution in [2.75, 3.05) is 6.61 Å². The molecule has 1 aliphatic rings. The van der Waals surface area contributed by atoms with Gasteiger partial charge in [0.1, 0.15) is 17.9 Å². The van der Waals surface area contributed by atoms with E-state index >= 15 is 0 Å². The Labute approximate surface area is 106 Å². The summed E-state index contributed by atoms with van der Waals surface area (Å²) in [7, 11) is -0.900. The van der Waals surface area contributed by atoms with Crippen molar-refractivity contribution < 1.29 is 14.4 Å². The summed E-state index contributed by atoms with van der Waals surface area (Å²) in [6.07, 6.45) is 0. The monoisotopic (exact) mass is 246 g/mol. The van der Waals surface area contributed by atoms with Crippen LogP contribution in [0.15, 0.2) is 12.1 Å². The van der Waals surface area contributed by atoms with Gasteiger partial charge < -0.3 is 20.1 Å². The average molecular weight is 246 g/mol. The Morgan fingerprint density at radius 2 is 2.39 bits per heavy atom. The molecule has 0 spiro atoms. The van der Waals surface area contributed by atoms with Crippen LogP contribution in [0.1, 0.15) is 18.1 Å². The van der Waals surface area contributed by atoms with Crippen molar-refractivity contribution in [2.24, 2.45) is 5.73 Å². The van der Waals surface area contributed by atoms with Crippen LogP contribution < -0.4 is 15.9 Å². The van der Waals surface area contributed by atoms with E-state index in [1.807, 2.05) is 19.1 Å². The first-order valence-electron chi connectivity index (χ1n) is 5.69. The number of hydrogen-bond acceptors (Lipinski definition) is 5. The van der Waals surface area contributed by atoms with Gasteiger partial charge >= 0.3 is 7.12 Å². The highest BCUT2D eigenvalue weighted by Gasteiger charge is 2.29. The van der Waals surface area contributed by atoms with Crippen molar-refractivity contribution in [1.82, 2.24) is 0 Å². The van der Waals surface area contributed by atoms with Crippen molar-refractivity contribution in [3.8, 4) is 11.8 Å². The summed E-state index contributed by atoms with van der Waals surface area (Å²) in [5.74, 6) is 0.586. The molecule has 0 amide bonds. The fraction of sp³-hybridized carbons (Fsp3) is 0.417. The maximum absolute atomic E-state index is 9.65. The van der Waals surface area contributed by atoms with E-state index in [-0.39, 0.29) is 6.61 Å². The van der Waals surface area contributed by atoms with Crippen molar-refractivity contribution in [3.63, 3.8) is 0 Å². The molecule has 6 heteroatoms. The summed E-state index contributed by atoms with van der Waals surface area (Å²) >= 11 is 0. The highest BCUT2D eigenvalue weighted by molar-refractivity contribution is 6.61. The van der Waals surface area contributed by atoms with Gasteiger partial charge in [0.25, 0.3) is 0 Å². The molecule has 0 radical (unpaired) electrons. The fourth-order valence-electron chi connectivity index (χ4n) is 1.83. The van der Waals surface area contributed by atoms with Gasteiger partial charge in [-0.25, -0.2) is 0 Å². The Kier molecular flexibility index (Phi) is 3.31. The van der Waals surface area contributed by atoms with Crippen LogP contribution in [0.2, 0.25) is 0 Å². The second kappa shape index (κ2) is 4.61. The largest absolute Gasteiger partial charge is 0.491 e. The number of aryl methyl sites for hydroxylation is 1. The quantitative estimate of drug-likeness (QED) is 0.723. The standard InChI is InChI=1S/C12H15BN2O3/c1-8-3-9(17-7-12(2,15)6-14)4-11-10(8)5-18-13(11)16/h3-4,16H,5,7,15H2,1-2H3. The van der Waals surface area contributed by atoms with Crippen molar-refractivity contribution >= 4 is 12.6 Å². The second-order valence-corrected chi connectivity index (χ2v) is 4.79. The molecule has 2 rings (SSSR count). The first-order valence-corrected chi connectivity index (χ1v) is 5.69. The Balaban J connectivity index is 2.19. The molecule has 1 aromatic rings. The lowest BCUT2D eigenvalue weighted by Gasteiger charge is -2.17. The molecule has 0 saturated heterocycles. The summed E-state index contributed by atoms with van der Waals surface area (Å²) in [6.45, 7) is 4.04. The lowest BCUT2D eigenvalue weighted by molar-refractivity contribution is 0.264. The fourth-order valence-corrected chi connectivity index (χ4v) is 1.83. The molecule has 0 aliphatic carbocycles. The van der Waals surface area contributed by atoms with Gasteiger partial charge in [0, 0.05) is 0 Å². The van der Waals surface area contributed by atoms with Gasteiger partial charge in [0.05, 0.1) is 12.7 Å². The zero-order valence-corrected chi connectivity index (χ0v) is 10.4. The Hall–Kier alpha value is -1.55. The molecule has 94 valence electrons. The normalized spacial score (nSPS) is 16.9. The van der Waals surface area contributed by atoms with Crippen LogP contribution in [0, 0.1) is 18.3 Å². The molecular formula is C12H15BN2O3. The molecule has 1 aromatic carbocycles. The zero-order valence-electron chi connectivity index (χ0n) is 10.4. The maximum atomic E-state index is 9.65. The minimum absolute atomic E-state index is 0.0959. The van der Waals surface area contributed by atoms with E-state index in [1.165, 1.54) is 0 Å². The van der Waals surface area contributed by atoms with Crippen LogP contribution in [0.25, 0.3) is 0 Å². The van der Waals surface area contributed by atoms with Crippen LogP contribution in [0.4, 0.5) is 0 Å². The second-order valence-electron chi connectivity index (χ2n) is 4.79. The molecule has 5 nitrogen and oxygen atoms in total. The van der Waals surface area contributed by atoms with E-state index < -0.39 is 12.7 Å². The van der Waals surface area contributed by atoms with E-state index in [1.54, 1.807) is 13.0 Å². The number of rotatable bonds is 3. The van der Waals surface area contributed by atoms with Crippen molar-refractivity contribution in [2.45, 2.75) is 26.0 Å². The van der Waals surface area contributed by atoms with Crippen molar-refractivity contribution in [3.05, 3.63) is 23.3 Å². The van der Waals surface area contributed by atoms with E-state index in [0.717, 1.165) is 16.6 Å². The van der Waals surface area contributed by atoms with Crippen LogP contribution in [-0.2, 0) is 11.3 Å². The van der Waals surface area contributed by atoms with E-state index in [2.05, 4.69) is 0 Å². The average Bonchev–Trinajstić information content (AvgIpc) is 2.70. The third kappa shape index (κ3) is 2.48. The molecule has 0 aromatic heterocycles. The number of fused-ring (bicyclic) bond motifs is 1. The molecular weight excluding hydrogens is 231 g/mol. The summed E-state index contributed by atoms with van der Waals surface area (Å²) in [5, 5.41) is 18.5. The van der Waals surface area contributed by atoms with Gasteiger partial charge in [-0.15, -0.1) is 0 Å². The van der Waals surface area contributed by atoms with Gasteiger partial charge in [0.2, 0.25) is 0 Å². The molecule has 1 heterocycles. The van der Waals surface area contributed by atoms with Crippen LogP contribution in [0.3, 0.4) is 0 Å². The zero-order chi connectivity index (χ0) is 13.3. The van der Waals surface area contributed by atoms with Gasteiger partial charge in [-0.1, -0.05) is 0 Å². The topological polar surface area (TPSA) is 88.5 Å². The van der Waals surface area contributed by atoms with Gasteiger partial charge in [-0.2, -0.15) is 5.26 Å². The Morgan fingerprint density at radius 3 is 3.06 bits per heavy atom. The van der Waals surface area contributed by atoms with Gasteiger partial charge in [0.15, 0.2) is 0 Å². The summed E-state index contributed by atoms with van der Waals surface area (Å²) < 4.78 is 10.7. The third-order valence-corrected chi connectivity index (χ3v) is 2.93. The highest BCUT2D eigenvalue weighted by Crippen LogP contribution is 2.21. The van der Waals surface area contributed by atoms with E-state index in [0.29, 0.717) is 12.4 Å². The number of benzene rings is 1. The first kappa shape index (κ1) is 12.9. The molecule has 0 bridgehead atoms. The number of nitrogens with two attached hydrogens (primary N) is 1. The van der Waals surface area contributed by atoms with Crippen LogP contribution in [0.5, 0.6) is 5.75 Å². The lowest BCUT2D eigenvalue weighted by atomic mass is 9.78. The summed E-state index contributed by atoms with van der Waals surface area (Å²) in [4.78, 5) is 0. The number of ether oxygens (including phenoxy) is 1. The SMILES string of the molecule is Cc1cc(OCC(C)(N)C#N)cc2c1COB2O. The van der Waals surface area contributed by atoms with Crippen LogP contribution >= 0.6 is 0 Å². The Bertz CT molecular complexity index is 511. The maximum Gasteiger partial charge on any atom is 0.491 e. The molecule has 1 unspecified atom stereocenters. The predicted molar refractivity (Wildman–Crippen MR) is 67.3 cm³/mol.